The maximum Gasteiger partial charge on any atom is 0.228 e. The minimum Gasteiger partial charge on any atom is -0.342 e. The van der Waals surface area contributed by atoms with Crippen LogP contribution in [-0.2, 0) is 24.1 Å². The number of nitrogens with one attached hydrogen (secondary N) is 1. The van der Waals surface area contributed by atoms with Crippen molar-refractivity contribution in [1.82, 2.24) is 29.6 Å². The highest BCUT2D eigenvalue weighted by Gasteiger charge is 2.40. The quantitative estimate of drug-likeness (QED) is 0.383. The van der Waals surface area contributed by atoms with E-state index in [1.165, 1.54) is 40.8 Å². The average molecular weight is 541 g/mol. The number of terminal acetylenes is 1. The van der Waals surface area contributed by atoms with Crippen LogP contribution in [0.4, 0.5) is 0 Å². The van der Waals surface area contributed by atoms with Gasteiger partial charge in [-0.15, -0.1) is 24.2 Å². The fourth-order valence-corrected chi connectivity index (χ4v) is 6.55. The van der Waals surface area contributed by atoms with E-state index in [1.807, 2.05) is 28.5 Å². The molecule has 4 aromatic rings. The molecular formula is C31H36N6OS. The van der Waals surface area contributed by atoms with Gasteiger partial charge in [0.1, 0.15) is 6.33 Å². The number of aryl methyl sites for hydroxylation is 4. The molecule has 39 heavy (non-hydrogen) atoms. The van der Waals surface area contributed by atoms with Gasteiger partial charge in [-0.05, 0) is 74.6 Å². The van der Waals surface area contributed by atoms with Crippen LogP contribution in [0.3, 0.4) is 0 Å². The van der Waals surface area contributed by atoms with Crippen molar-refractivity contribution >= 4 is 22.2 Å². The van der Waals surface area contributed by atoms with Crippen LogP contribution in [0, 0.1) is 32.1 Å². The topological polar surface area (TPSA) is 75.4 Å². The Balaban J connectivity index is 0.000000154. The van der Waals surface area contributed by atoms with E-state index in [1.54, 1.807) is 17.7 Å². The Bertz CT molecular complexity index is 1440. The lowest BCUT2D eigenvalue weighted by molar-refractivity contribution is -0.133. The number of rotatable bonds is 3. The summed E-state index contributed by atoms with van der Waals surface area (Å²) in [5.74, 6) is 0.222. The Morgan fingerprint density at radius 2 is 1.82 bits per heavy atom. The smallest absolute Gasteiger partial charge is 0.228 e. The summed E-state index contributed by atoms with van der Waals surface area (Å²) in [5.41, 5.74) is 7.64. The summed E-state index contributed by atoms with van der Waals surface area (Å²) in [6, 6.07) is 8.74. The molecule has 1 N–H and O–H groups in total. The third-order valence-electron chi connectivity index (χ3n) is 8.03. The van der Waals surface area contributed by atoms with Gasteiger partial charge in [0.2, 0.25) is 5.91 Å². The Labute approximate surface area is 234 Å². The van der Waals surface area contributed by atoms with E-state index in [0.29, 0.717) is 11.8 Å². The van der Waals surface area contributed by atoms with Crippen LogP contribution in [0.15, 0.2) is 43.0 Å². The second-order valence-corrected chi connectivity index (χ2v) is 12.0. The van der Waals surface area contributed by atoms with Gasteiger partial charge in [0, 0.05) is 54.7 Å². The number of thiazole rings is 1. The van der Waals surface area contributed by atoms with E-state index in [2.05, 4.69) is 64.4 Å². The molecule has 3 aliphatic rings. The highest BCUT2D eigenvalue weighted by molar-refractivity contribution is 7.16. The normalized spacial score (nSPS) is 17.0. The Morgan fingerprint density at radius 1 is 1.05 bits per heavy atom. The van der Waals surface area contributed by atoms with Gasteiger partial charge in [0.05, 0.1) is 17.8 Å². The number of nitrogens with zero attached hydrogens (tertiary/aromatic N) is 5. The van der Waals surface area contributed by atoms with E-state index < -0.39 is 0 Å². The SMILES string of the molecule is C#C.Cc1cc(-c2ccc3c(c2)CCC3)ncn1.Cc1cn2cc(CC(=O)N3CCC4(CC3)CNC4)nc2s1. The second-order valence-electron chi connectivity index (χ2n) is 10.8. The fourth-order valence-electron chi connectivity index (χ4n) is 5.72. The van der Waals surface area contributed by atoms with Gasteiger partial charge >= 0.3 is 0 Å². The molecule has 1 aliphatic carbocycles. The van der Waals surface area contributed by atoms with Crippen LogP contribution in [0.2, 0.25) is 0 Å². The molecule has 8 heteroatoms. The van der Waals surface area contributed by atoms with Crippen molar-refractivity contribution in [2.45, 2.75) is 52.4 Å². The molecule has 2 saturated heterocycles. The summed E-state index contributed by atoms with van der Waals surface area (Å²) in [4.78, 5) is 29.7. The van der Waals surface area contributed by atoms with Gasteiger partial charge in [-0.3, -0.25) is 9.20 Å². The third-order valence-corrected chi connectivity index (χ3v) is 8.94. The van der Waals surface area contributed by atoms with Crippen LogP contribution < -0.4 is 5.32 Å². The minimum absolute atomic E-state index is 0.222. The zero-order valence-electron chi connectivity index (χ0n) is 22.8. The van der Waals surface area contributed by atoms with Crippen molar-refractivity contribution in [3.8, 4) is 24.1 Å². The first-order valence-corrected chi connectivity index (χ1v) is 14.4. The number of piperidine rings is 1. The number of hydrogen-bond donors (Lipinski definition) is 1. The Hall–Kier alpha value is -3.54. The maximum absolute atomic E-state index is 12.4. The predicted octanol–water partition coefficient (Wildman–Crippen LogP) is 4.65. The standard InChI is InChI=1S/C15H20N4OS.C14H14N2.C2H2/c1-11-7-19-8-12(17-14(19)21-11)6-13(20)18-4-2-15(3-5-18)9-16-10-15;1-10-7-14(16-9-15-10)13-6-5-11-3-2-4-12(11)8-13;1-2/h7-8,16H,2-6,9-10H2,1H3;5-9H,2-4H2,1H3;1-2H. The number of fused-ring (bicyclic) bond motifs is 2. The summed E-state index contributed by atoms with van der Waals surface area (Å²) in [6.45, 7) is 8.14. The van der Waals surface area contributed by atoms with Crippen LogP contribution in [0.5, 0.6) is 0 Å². The Morgan fingerprint density at radius 3 is 2.51 bits per heavy atom. The number of hydrogen-bond acceptors (Lipinski definition) is 6. The van der Waals surface area contributed by atoms with E-state index in [0.717, 1.165) is 61.1 Å². The van der Waals surface area contributed by atoms with Crippen LogP contribution >= 0.6 is 11.3 Å². The molecule has 1 aromatic carbocycles. The van der Waals surface area contributed by atoms with Crippen LogP contribution in [-0.4, -0.2) is 56.3 Å². The number of aromatic nitrogens is 4. The second kappa shape index (κ2) is 11.7. The summed E-state index contributed by atoms with van der Waals surface area (Å²) < 4.78 is 2.02. The van der Waals surface area contributed by atoms with E-state index in [4.69, 9.17) is 0 Å². The summed E-state index contributed by atoms with van der Waals surface area (Å²) in [7, 11) is 0. The first-order valence-electron chi connectivity index (χ1n) is 13.6. The molecule has 2 aliphatic heterocycles. The average Bonchev–Trinajstić information content (AvgIpc) is 3.63. The minimum atomic E-state index is 0.222. The zero-order chi connectivity index (χ0) is 27.4. The first-order chi connectivity index (χ1) is 19.0. The summed E-state index contributed by atoms with van der Waals surface area (Å²) >= 11 is 1.67. The predicted molar refractivity (Wildman–Crippen MR) is 157 cm³/mol. The molecule has 2 fully saturated rings. The number of benzene rings is 1. The van der Waals surface area contributed by atoms with E-state index >= 15 is 0 Å². The first kappa shape index (κ1) is 27.0. The highest BCUT2D eigenvalue weighted by Crippen LogP contribution is 2.35. The van der Waals surface area contributed by atoms with Gasteiger partial charge in [-0.2, -0.15) is 0 Å². The van der Waals surface area contributed by atoms with Gasteiger partial charge in [0.25, 0.3) is 0 Å². The van der Waals surface area contributed by atoms with Crippen molar-refractivity contribution in [3.63, 3.8) is 0 Å². The lowest BCUT2D eigenvalue weighted by Gasteiger charge is -2.48. The molecule has 3 aromatic heterocycles. The zero-order valence-corrected chi connectivity index (χ0v) is 23.6. The Kier molecular flexibility index (Phi) is 8.10. The molecule has 5 heterocycles. The van der Waals surface area contributed by atoms with E-state index in [9.17, 15) is 4.79 Å². The van der Waals surface area contributed by atoms with Crippen molar-refractivity contribution in [2.24, 2.45) is 5.41 Å². The molecule has 202 valence electrons. The monoisotopic (exact) mass is 540 g/mol. The lowest BCUT2D eigenvalue weighted by Crippen LogP contribution is -2.58. The molecule has 0 saturated carbocycles. The van der Waals surface area contributed by atoms with Gasteiger partial charge in [0.15, 0.2) is 4.96 Å². The van der Waals surface area contributed by atoms with Crippen molar-refractivity contribution in [2.75, 3.05) is 26.2 Å². The molecule has 1 amide bonds. The number of likely N-dealkylation sites (tertiary alicyclic amines) is 1. The molecule has 0 bridgehead atoms. The molecular weight excluding hydrogens is 504 g/mol. The molecule has 7 nitrogen and oxygen atoms in total. The molecule has 0 radical (unpaired) electrons. The summed E-state index contributed by atoms with van der Waals surface area (Å²) in [6.07, 6.45) is 20.1. The number of imidazole rings is 1. The van der Waals surface area contributed by atoms with Crippen molar-refractivity contribution in [3.05, 3.63) is 70.4 Å². The van der Waals surface area contributed by atoms with Crippen molar-refractivity contribution in [1.29, 1.82) is 0 Å². The maximum atomic E-state index is 12.4. The molecule has 0 unspecified atom stereocenters. The molecule has 0 atom stereocenters. The number of carbonyl (C=O) groups is 1. The third kappa shape index (κ3) is 6.05. The van der Waals surface area contributed by atoms with Crippen LogP contribution in [0.25, 0.3) is 16.2 Å². The van der Waals surface area contributed by atoms with Crippen molar-refractivity contribution < 1.29 is 4.79 Å². The molecule has 1 spiro atoms. The fraction of sp³-hybridized carbons (Fsp3) is 0.419. The van der Waals surface area contributed by atoms with Crippen LogP contribution in [0.1, 0.15) is 46.7 Å². The molecule has 7 rings (SSSR count). The van der Waals surface area contributed by atoms with Gasteiger partial charge < -0.3 is 10.2 Å². The highest BCUT2D eigenvalue weighted by atomic mass is 32.1. The lowest BCUT2D eigenvalue weighted by atomic mass is 9.73. The number of carbonyl (C=O) groups excluding carboxylic acids is 1. The van der Waals surface area contributed by atoms with E-state index in [-0.39, 0.29) is 5.91 Å². The number of amides is 1. The summed E-state index contributed by atoms with van der Waals surface area (Å²) in [5, 5.41) is 3.36. The van der Waals surface area contributed by atoms with Gasteiger partial charge in [-0.1, -0.05) is 12.1 Å². The largest absolute Gasteiger partial charge is 0.342 e. The van der Waals surface area contributed by atoms with Gasteiger partial charge in [-0.25, -0.2) is 15.0 Å².